The zero-order valence-corrected chi connectivity index (χ0v) is 55.7. The summed E-state index contributed by atoms with van der Waals surface area (Å²) in [6.07, 6.45) is 88.5. The van der Waals surface area contributed by atoms with Gasteiger partial charge < -0.3 is 28.5 Å². The van der Waals surface area contributed by atoms with Gasteiger partial charge >= 0.3 is 5.97 Å². The van der Waals surface area contributed by atoms with E-state index in [0.29, 0.717) is 23.9 Å². The molecule has 0 saturated carbocycles. The molecular formula is C74H127N2O7P. The highest BCUT2D eigenvalue weighted by Crippen LogP contribution is 2.38. The van der Waals surface area contributed by atoms with E-state index in [0.717, 1.165) is 148 Å². The van der Waals surface area contributed by atoms with Crippen LogP contribution >= 0.6 is 7.82 Å². The number of carbonyl (C=O) groups is 2. The van der Waals surface area contributed by atoms with Crippen LogP contribution in [0.25, 0.3) is 0 Å². The number of nitrogens with zero attached hydrogens (tertiary/aromatic N) is 1. The summed E-state index contributed by atoms with van der Waals surface area (Å²) in [5.74, 6) is -0.586. The number of rotatable bonds is 60. The van der Waals surface area contributed by atoms with E-state index in [2.05, 4.69) is 148 Å². The van der Waals surface area contributed by atoms with Crippen molar-refractivity contribution in [1.29, 1.82) is 0 Å². The van der Waals surface area contributed by atoms with Crippen LogP contribution in [0.15, 0.2) is 134 Å². The van der Waals surface area contributed by atoms with E-state index >= 15 is 0 Å². The number of nitrogens with one attached hydrogen (secondary N) is 1. The lowest BCUT2D eigenvalue weighted by atomic mass is 10.0. The lowest BCUT2D eigenvalue weighted by Gasteiger charge is -2.30. The molecule has 0 aromatic heterocycles. The van der Waals surface area contributed by atoms with Gasteiger partial charge in [-0.3, -0.25) is 14.2 Å². The van der Waals surface area contributed by atoms with Crippen LogP contribution in [0.3, 0.4) is 0 Å². The van der Waals surface area contributed by atoms with E-state index < -0.39 is 26.6 Å². The maximum atomic E-state index is 13.6. The fourth-order valence-corrected chi connectivity index (χ4v) is 9.82. The Morgan fingerprint density at radius 3 is 1.17 bits per heavy atom. The largest absolute Gasteiger partial charge is 0.756 e. The Morgan fingerprint density at radius 2 is 0.762 bits per heavy atom. The summed E-state index contributed by atoms with van der Waals surface area (Å²) in [6.45, 7) is 6.67. The smallest absolute Gasteiger partial charge is 0.306 e. The number of ether oxygens (including phenoxy) is 1. The average Bonchev–Trinajstić information content (AvgIpc) is 3.64. The van der Waals surface area contributed by atoms with Gasteiger partial charge in [-0.1, -0.05) is 264 Å². The molecule has 0 aliphatic rings. The minimum absolute atomic E-state index is 0.0362. The Labute approximate surface area is 517 Å². The van der Waals surface area contributed by atoms with Gasteiger partial charge in [-0.05, 0) is 128 Å². The van der Waals surface area contributed by atoms with Crippen LogP contribution in [0.1, 0.15) is 271 Å². The van der Waals surface area contributed by atoms with Crippen LogP contribution in [0.2, 0.25) is 0 Å². The number of hydrogen-bond acceptors (Lipinski definition) is 7. The van der Waals surface area contributed by atoms with Gasteiger partial charge in [0.2, 0.25) is 5.91 Å². The predicted molar refractivity (Wildman–Crippen MR) is 362 cm³/mol. The number of likely N-dealkylation sites (N-methyl/N-ethyl adjacent to an activating group) is 1. The number of carbonyl (C=O) groups excluding carboxylic acids is 2. The monoisotopic (exact) mass is 1190 g/mol. The van der Waals surface area contributed by atoms with Gasteiger partial charge in [-0.15, -0.1) is 0 Å². The Hall–Kier alpha value is -3.85. The summed E-state index contributed by atoms with van der Waals surface area (Å²) in [6, 6.07) is -0.915. The van der Waals surface area contributed by atoms with Crippen molar-refractivity contribution in [3.05, 3.63) is 134 Å². The summed E-state index contributed by atoms with van der Waals surface area (Å²) in [4.78, 5) is 40.1. The molecule has 3 atom stereocenters. The molecule has 0 heterocycles. The van der Waals surface area contributed by atoms with Gasteiger partial charge in [0.1, 0.15) is 19.3 Å². The van der Waals surface area contributed by atoms with Gasteiger partial charge in [0, 0.05) is 12.8 Å². The Balaban J connectivity index is 5.23. The molecule has 10 heteroatoms. The second-order valence-corrected chi connectivity index (χ2v) is 25.0. The van der Waals surface area contributed by atoms with Gasteiger partial charge in [-0.25, -0.2) is 0 Å². The van der Waals surface area contributed by atoms with E-state index in [9.17, 15) is 19.0 Å². The maximum Gasteiger partial charge on any atom is 0.306 e. The van der Waals surface area contributed by atoms with Crippen molar-refractivity contribution in [1.82, 2.24) is 5.32 Å². The normalized spacial score (nSPS) is 14.4. The number of allylic oxidation sites excluding steroid dienone is 21. The number of unbranched alkanes of at least 4 members (excludes halogenated alkanes) is 24. The van der Waals surface area contributed by atoms with Crippen LogP contribution in [0.4, 0.5) is 0 Å². The third-order valence-electron chi connectivity index (χ3n) is 14.3. The van der Waals surface area contributed by atoms with E-state index in [1.54, 1.807) is 0 Å². The van der Waals surface area contributed by atoms with Gasteiger partial charge in [-0.2, -0.15) is 0 Å². The van der Waals surface area contributed by atoms with Crippen molar-refractivity contribution in [3.63, 3.8) is 0 Å². The molecular weight excluding hydrogens is 1060 g/mol. The Bertz CT molecular complexity index is 1900. The molecule has 3 unspecified atom stereocenters. The zero-order chi connectivity index (χ0) is 61.4. The van der Waals surface area contributed by atoms with Crippen LogP contribution in [-0.2, 0) is 27.9 Å². The van der Waals surface area contributed by atoms with Crippen molar-refractivity contribution in [2.24, 2.45) is 0 Å². The molecule has 0 aliphatic heterocycles. The number of amides is 1. The first-order valence-electron chi connectivity index (χ1n) is 34.0. The molecule has 0 saturated heterocycles. The summed E-state index contributed by atoms with van der Waals surface area (Å²) in [5.41, 5.74) is 0. The fourth-order valence-electron chi connectivity index (χ4n) is 9.10. The molecule has 0 aromatic carbocycles. The predicted octanol–water partition coefficient (Wildman–Crippen LogP) is 21.0. The molecule has 0 fully saturated rings. The van der Waals surface area contributed by atoms with Crippen molar-refractivity contribution >= 4 is 19.7 Å². The van der Waals surface area contributed by atoms with Crippen LogP contribution in [-0.4, -0.2) is 69.4 Å². The molecule has 1 amide bonds. The first-order valence-corrected chi connectivity index (χ1v) is 35.5. The second kappa shape index (κ2) is 62.2. The number of phosphoric ester groups is 1. The number of esters is 1. The zero-order valence-electron chi connectivity index (χ0n) is 54.8. The summed E-state index contributed by atoms with van der Waals surface area (Å²) in [7, 11) is 1.14. The van der Waals surface area contributed by atoms with E-state index in [4.69, 9.17) is 13.8 Å². The highest BCUT2D eigenvalue weighted by molar-refractivity contribution is 7.45. The van der Waals surface area contributed by atoms with Crippen molar-refractivity contribution in [2.75, 3.05) is 40.9 Å². The molecule has 480 valence electrons. The summed E-state index contributed by atoms with van der Waals surface area (Å²) < 4.78 is 30.4. The molecule has 0 aliphatic carbocycles. The topological polar surface area (TPSA) is 114 Å². The van der Waals surface area contributed by atoms with Gasteiger partial charge in [0.25, 0.3) is 7.82 Å². The first-order chi connectivity index (χ1) is 40.9. The van der Waals surface area contributed by atoms with E-state index in [1.807, 2.05) is 33.3 Å². The third-order valence-corrected chi connectivity index (χ3v) is 15.3. The van der Waals surface area contributed by atoms with Crippen LogP contribution in [0.5, 0.6) is 0 Å². The van der Waals surface area contributed by atoms with Gasteiger partial charge in [0.15, 0.2) is 0 Å². The standard InChI is InChI=1S/C74H127N2O7P/c1-7-10-13-16-19-22-25-28-30-32-34-36-37-38-39-41-42-44-46-48-51-54-57-60-63-66-73(77)75-71(70-82-84(79,80)81-69-68-76(4,5)6)72(65-62-59-56-53-50-27-24-21-18-15-12-9-3)83-74(78)67-64-61-58-55-52-49-47-45-43-40-35-33-31-29-26-23-20-17-14-11-8-2/h10,13,19-20,22-23,28-31,34-36,38-40,42,44-45,47,62,65,71-72H,7-9,11-12,14-18,21,24-27,32-33,37,41,43,46,48-61,63-64,66-70H2,1-6H3,(H-,75,77,79,80)/b13-10-,22-19-,23-20-,30-28-,31-29-,36-34-,39-38-,40-35-,44-42-,47-45-,65-62-. The summed E-state index contributed by atoms with van der Waals surface area (Å²) in [5, 5.41) is 3.02. The highest BCUT2D eigenvalue weighted by atomic mass is 31.2. The quantitative estimate of drug-likeness (QED) is 0.0212. The van der Waals surface area contributed by atoms with Crippen molar-refractivity contribution in [2.45, 2.75) is 283 Å². The molecule has 0 aromatic rings. The van der Waals surface area contributed by atoms with E-state index in [1.165, 1.54) is 77.0 Å². The molecule has 0 rings (SSSR count). The number of phosphoric acid groups is 1. The highest BCUT2D eigenvalue weighted by Gasteiger charge is 2.27. The second-order valence-electron chi connectivity index (χ2n) is 23.6. The first kappa shape index (κ1) is 80.2. The fraction of sp³-hybridized carbons (Fsp3) is 0.676. The van der Waals surface area contributed by atoms with Crippen LogP contribution < -0.4 is 10.2 Å². The molecule has 0 spiro atoms. The summed E-state index contributed by atoms with van der Waals surface area (Å²) >= 11 is 0. The Kier molecular flexibility index (Phi) is 59.4. The lowest BCUT2D eigenvalue weighted by molar-refractivity contribution is -0.870. The van der Waals surface area contributed by atoms with Gasteiger partial charge in [0.05, 0.1) is 33.8 Å². The number of quaternary nitrogens is 1. The third kappa shape index (κ3) is 62.7. The lowest BCUT2D eigenvalue weighted by Crippen LogP contribution is -2.47. The molecule has 1 N–H and O–H groups in total. The van der Waals surface area contributed by atoms with Crippen molar-refractivity contribution < 1.29 is 37.3 Å². The number of hydrogen-bond donors (Lipinski definition) is 1. The molecule has 0 bridgehead atoms. The minimum atomic E-state index is -4.72. The SMILES string of the molecule is CC/C=C\C/C=C\C/C=C\C/C=C\C/C=C\C/C=C\CCCCCCCCC(=O)NC(COP(=O)([O-])OCC[N+](C)(C)C)C(/C=C\CCCCCCCCCCCC)OC(=O)CCCCCCC/C=C\C/C=C\C/C=C\C/C=C\CCCCC. The maximum absolute atomic E-state index is 13.6. The van der Waals surface area contributed by atoms with Crippen molar-refractivity contribution in [3.8, 4) is 0 Å². The Morgan fingerprint density at radius 1 is 0.429 bits per heavy atom. The van der Waals surface area contributed by atoms with Crippen LogP contribution in [0, 0.1) is 0 Å². The molecule has 0 radical (unpaired) electrons. The molecule has 9 nitrogen and oxygen atoms in total. The minimum Gasteiger partial charge on any atom is -0.756 e. The molecule has 84 heavy (non-hydrogen) atoms. The average molecular weight is 1190 g/mol. The van der Waals surface area contributed by atoms with E-state index in [-0.39, 0.29) is 31.3 Å².